The summed E-state index contributed by atoms with van der Waals surface area (Å²) in [4.78, 5) is 34.5. The predicted octanol–water partition coefficient (Wildman–Crippen LogP) is 1.34. The van der Waals surface area contributed by atoms with Crippen LogP contribution in [0.1, 0.15) is 19.4 Å². The molecule has 0 radical (unpaired) electrons. The Morgan fingerprint density at radius 2 is 1.90 bits per heavy atom. The minimum atomic E-state index is -1.26. The number of benzene rings is 1. The number of Topliss-reactive ketones (excluding diaryl/α,β-unsaturated/α-hetero) is 1. The Morgan fingerprint density at radius 1 is 1.25 bits per heavy atom. The van der Waals surface area contributed by atoms with Crippen LogP contribution >= 0.6 is 0 Å². The molecule has 106 valence electrons. The van der Waals surface area contributed by atoms with Gasteiger partial charge >= 0.3 is 5.97 Å². The van der Waals surface area contributed by atoms with E-state index in [1.807, 2.05) is 30.3 Å². The van der Waals surface area contributed by atoms with E-state index in [1.54, 1.807) is 13.0 Å². The summed E-state index contributed by atoms with van der Waals surface area (Å²) in [5.41, 5.74) is 0.846. The summed E-state index contributed by atoms with van der Waals surface area (Å²) in [5.74, 6) is -1.74. The first kappa shape index (κ1) is 15.6. The molecule has 0 aromatic heterocycles. The van der Waals surface area contributed by atoms with E-state index < -0.39 is 23.7 Å². The maximum Gasteiger partial charge on any atom is 0.336 e. The monoisotopic (exact) mass is 275 g/mol. The number of nitrogens with one attached hydrogen (secondary N) is 1. The van der Waals surface area contributed by atoms with Crippen molar-refractivity contribution in [1.29, 1.82) is 0 Å². The normalized spacial score (nSPS) is 11.9. The molecular weight excluding hydrogens is 258 g/mol. The molecule has 0 saturated carbocycles. The maximum atomic E-state index is 11.7. The first-order valence-electron chi connectivity index (χ1n) is 6.25. The fraction of sp³-hybridized carbons (Fsp3) is 0.267. The van der Waals surface area contributed by atoms with Gasteiger partial charge in [-0.1, -0.05) is 30.3 Å². The third-order valence-corrected chi connectivity index (χ3v) is 2.44. The lowest BCUT2D eigenvalue weighted by atomic mass is 10.2. The number of ketones is 1. The van der Waals surface area contributed by atoms with Crippen molar-refractivity contribution in [1.82, 2.24) is 5.32 Å². The van der Waals surface area contributed by atoms with Gasteiger partial charge in [0.15, 0.2) is 11.8 Å². The molecule has 1 rings (SSSR count). The van der Waals surface area contributed by atoms with E-state index in [9.17, 15) is 14.4 Å². The average molecular weight is 275 g/mol. The Balaban J connectivity index is 2.65. The molecule has 1 N–H and O–H groups in total. The summed E-state index contributed by atoms with van der Waals surface area (Å²) in [6, 6.07) is 7.95. The van der Waals surface area contributed by atoms with Gasteiger partial charge in [0.2, 0.25) is 5.91 Å². The molecule has 1 aromatic rings. The molecule has 1 amide bonds. The molecule has 5 nitrogen and oxygen atoms in total. The van der Waals surface area contributed by atoms with Crippen molar-refractivity contribution in [2.75, 3.05) is 6.61 Å². The van der Waals surface area contributed by atoms with Gasteiger partial charge in [-0.25, -0.2) is 4.79 Å². The van der Waals surface area contributed by atoms with Crippen LogP contribution in [-0.2, 0) is 19.1 Å². The fourth-order valence-corrected chi connectivity index (χ4v) is 1.48. The number of esters is 1. The zero-order valence-electron chi connectivity index (χ0n) is 11.5. The summed E-state index contributed by atoms with van der Waals surface area (Å²) in [5, 5.41) is 2.32. The fourth-order valence-electron chi connectivity index (χ4n) is 1.48. The lowest BCUT2D eigenvalue weighted by Crippen LogP contribution is -2.45. The van der Waals surface area contributed by atoms with Gasteiger partial charge in [0.1, 0.15) is 0 Å². The van der Waals surface area contributed by atoms with Crippen molar-refractivity contribution >= 4 is 23.7 Å². The van der Waals surface area contributed by atoms with Gasteiger partial charge in [-0.15, -0.1) is 0 Å². The van der Waals surface area contributed by atoms with Gasteiger partial charge in [-0.2, -0.15) is 0 Å². The van der Waals surface area contributed by atoms with Gasteiger partial charge < -0.3 is 10.1 Å². The summed E-state index contributed by atoms with van der Waals surface area (Å²) >= 11 is 0. The van der Waals surface area contributed by atoms with Gasteiger partial charge in [0, 0.05) is 6.08 Å². The minimum absolute atomic E-state index is 0.151. The second-order valence-electron chi connectivity index (χ2n) is 4.05. The van der Waals surface area contributed by atoms with Crippen LogP contribution in [0, 0.1) is 0 Å². The lowest BCUT2D eigenvalue weighted by molar-refractivity contribution is -0.149. The van der Waals surface area contributed by atoms with E-state index >= 15 is 0 Å². The molecule has 1 aromatic carbocycles. The van der Waals surface area contributed by atoms with E-state index in [0.717, 1.165) is 5.56 Å². The molecule has 1 unspecified atom stereocenters. The largest absolute Gasteiger partial charge is 0.464 e. The van der Waals surface area contributed by atoms with Crippen LogP contribution in [0.2, 0.25) is 0 Å². The highest BCUT2D eigenvalue weighted by molar-refractivity contribution is 6.06. The summed E-state index contributed by atoms with van der Waals surface area (Å²) in [6.45, 7) is 3.01. The standard InChI is InChI=1S/C15H17NO4/c1-3-20-15(19)14(11(2)17)16-13(18)10-9-12-7-5-4-6-8-12/h4-10,14H,3H2,1-2H3,(H,16,18)/b10-9+. The maximum absolute atomic E-state index is 11.7. The number of rotatable bonds is 6. The Kier molecular flexibility index (Phi) is 6.16. The molecule has 20 heavy (non-hydrogen) atoms. The molecular formula is C15H17NO4. The van der Waals surface area contributed by atoms with Crippen molar-refractivity contribution in [2.45, 2.75) is 19.9 Å². The highest BCUT2D eigenvalue weighted by Crippen LogP contribution is 2.01. The van der Waals surface area contributed by atoms with Crippen LogP contribution in [0.4, 0.5) is 0 Å². The molecule has 0 saturated heterocycles. The van der Waals surface area contributed by atoms with E-state index in [-0.39, 0.29) is 6.61 Å². The third-order valence-electron chi connectivity index (χ3n) is 2.44. The lowest BCUT2D eigenvalue weighted by Gasteiger charge is -2.12. The van der Waals surface area contributed by atoms with Crippen LogP contribution in [0.3, 0.4) is 0 Å². The first-order valence-corrected chi connectivity index (χ1v) is 6.25. The Labute approximate surface area is 117 Å². The van der Waals surface area contributed by atoms with Crippen molar-refractivity contribution in [3.8, 4) is 0 Å². The predicted molar refractivity (Wildman–Crippen MR) is 74.7 cm³/mol. The number of hydrogen-bond acceptors (Lipinski definition) is 4. The quantitative estimate of drug-likeness (QED) is 0.483. The summed E-state index contributed by atoms with van der Waals surface area (Å²) in [7, 11) is 0. The second-order valence-corrected chi connectivity index (χ2v) is 4.05. The van der Waals surface area contributed by atoms with E-state index in [0.29, 0.717) is 0 Å². The molecule has 0 aliphatic heterocycles. The van der Waals surface area contributed by atoms with Crippen LogP contribution in [0.25, 0.3) is 6.08 Å². The zero-order chi connectivity index (χ0) is 15.0. The number of carbonyl (C=O) groups excluding carboxylic acids is 3. The smallest absolute Gasteiger partial charge is 0.336 e. The van der Waals surface area contributed by atoms with Crippen LogP contribution in [0.15, 0.2) is 36.4 Å². The summed E-state index contributed by atoms with van der Waals surface area (Å²) < 4.78 is 4.73. The molecule has 0 aliphatic rings. The molecule has 0 aliphatic carbocycles. The minimum Gasteiger partial charge on any atom is -0.464 e. The number of carbonyl (C=O) groups is 3. The number of hydrogen-bond donors (Lipinski definition) is 1. The molecule has 0 bridgehead atoms. The Bertz CT molecular complexity index is 508. The van der Waals surface area contributed by atoms with Crippen LogP contribution < -0.4 is 5.32 Å². The number of ether oxygens (including phenoxy) is 1. The van der Waals surface area contributed by atoms with Crippen molar-refractivity contribution in [3.63, 3.8) is 0 Å². The van der Waals surface area contributed by atoms with E-state index in [1.165, 1.54) is 13.0 Å². The topological polar surface area (TPSA) is 72.5 Å². The van der Waals surface area contributed by atoms with Gasteiger partial charge in [-0.05, 0) is 25.5 Å². The van der Waals surface area contributed by atoms with Crippen molar-refractivity contribution < 1.29 is 19.1 Å². The zero-order valence-corrected chi connectivity index (χ0v) is 11.5. The molecule has 0 heterocycles. The highest BCUT2D eigenvalue weighted by Gasteiger charge is 2.25. The number of amides is 1. The molecule has 0 spiro atoms. The summed E-state index contributed by atoms with van der Waals surface area (Å²) in [6.07, 6.45) is 2.86. The van der Waals surface area contributed by atoms with E-state index in [2.05, 4.69) is 5.32 Å². The van der Waals surface area contributed by atoms with Gasteiger partial charge in [0.05, 0.1) is 6.61 Å². The van der Waals surface area contributed by atoms with Crippen LogP contribution in [-0.4, -0.2) is 30.3 Å². The molecule has 1 atom stereocenters. The van der Waals surface area contributed by atoms with Gasteiger partial charge in [0.25, 0.3) is 0 Å². The molecule has 5 heteroatoms. The highest BCUT2D eigenvalue weighted by atomic mass is 16.5. The first-order chi connectivity index (χ1) is 9.54. The Morgan fingerprint density at radius 3 is 2.45 bits per heavy atom. The SMILES string of the molecule is CCOC(=O)C(NC(=O)/C=C/c1ccccc1)C(C)=O. The van der Waals surface area contributed by atoms with Crippen molar-refractivity contribution in [3.05, 3.63) is 42.0 Å². The second kappa shape index (κ2) is 7.89. The third kappa shape index (κ3) is 5.06. The average Bonchev–Trinajstić information content (AvgIpc) is 2.43. The van der Waals surface area contributed by atoms with Crippen LogP contribution in [0.5, 0.6) is 0 Å². The van der Waals surface area contributed by atoms with Gasteiger partial charge in [-0.3, -0.25) is 9.59 Å². The molecule has 0 fully saturated rings. The van der Waals surface area contributed by atoms with E-state index in [4.69, 9.17) is 4.74 Å². The van der Waals surface area contributed by atoms with Crippen molar-refractivity contribution in [2.24, 2.45) is 0 Å². The Hall–Kier alpha value is -2.43.